The van der Waals surface area contributed by atoms with Crippen LogP contribution in [0.25, 0.3) is 0 Å². The van der Waals surface area contributed by atoms with Gasteiger partial charge in [-0.2, -0.15) is 13.2 Å². The molecule has 0 unspecified atom stereocenters. The third-order valence-electron chi connectivity index (χ3n) is 5.19. The van der Waals surface area contributed by atoms with Gasteiger partial charge in [0.25, 0.3) is 15.7 Å². The molecule has 1 aliphatic carbocycles. The number of rotatable bonds is 4. The monoisotopic (exact) mass is 441 g/mol. The average Bonchev–Trinajstić information content (AvgIpc) is 3.45. The summed E-state index contributed by atoms with van der Waals surface area (Å²) in [5.41, 5.74) is -6.21. The smallest absolute Gasteiger partial charge is 0.501 e. The van der Waals surface area contributed by atoms with Crippen molar-refractivity contribution >= 4 is 27.5 Å². The second-order valence-electron chi connectivity index (χ2n) is 6.99. The molecule has 0 bridgehead atoms. The Hall–Kier alpha value is -3.15. The van der Waals surface area contributed by atoms with Crippen LogP contribution in [-0.2, 0) is 21.2 Å². The fourth-order valence-electron chi connectivity index (χ4n) is 3.39. The number of urea groups is 1. The molecule has 0 radical (unpaired) electrons. The molecule has 1 spiro atoms. The molecule has 1 aromatic heterocycles. The molecule has 0 atom stereocenters. The largest absolute Gasteiger partial charge is 0.506 e. The van der Waals surface area contributed by atoms with Gasteiger partial charge in [-0.25, -0.2) is 18.1 Å². The van der Waals surface area contributed by atoms with Crippen molar-refractivity contribution in [3.05, 3.63) is 48.3 Å². The standard InChI is InChI=1S/C18H14F3N3O5S/c19-18(20,21)30(28,29)13-3-1-12(2-4-13)24-15(26)17(6-7-17)23(16(24)27)10-11-5-8-22-9-14(11)25/h1-5,8-9,25H,6-7,10H2. The summed E-state index contributed by atoms with van der Waals surface area (Å²) < 4.78 is 61.1. The average molecular weight is 441 g/mol. The molecule has 12 heteroatoms. The molecule has 1 saturated heterocycles. The van der Waals surface area contributed by atoms with Crippen molar-refractivity contribution in [2.24, 2.45) is 0 Å². The first-order valence-corrected chi connectivity index (χ1v) is 10.2. The predicted molar refractivity (Wildman–Crippen MR) is 96.0 cm³/mol. The van der Waals surface area contributed by atoms with Crippen molar-refractivity contribution in [3.8, 4) is 5.75 Å². The Morgan fingerprint density at radius 3 is 2.27 bits per heavy atom. The predicted octanol–water partition coefficient (Wildman–Crippen LogP) is 2.58. The first kappa shape index (κ1) is 20.1. The number of hydrogen-bond acceptors (Lipinski definition) is 6. The summed E-state index contributed by atoms with van der Waals surface area (Å²) in [4.78, 5) is 30.8. The van der Waals surface area contributed by atoms with Gasteiger partial charge >= 0.3 is 11.5 Å². The molecule has 1 saturated carbocycles. The summed E-state index contributed by atoms with van der Waals surface area (Å²) in [6.07, 6.45) is 3.43. The lowest BCUT2D eigenvalue weighted by Gasteiger charge is -2.21. The molecule has 4 rings (SSSR count). The van der Waals surface area contributed by atoms with E-state index in [1.54, 1.807) is 0 Å². The molecule has 158 valence electrons. The minimum Gasteiger partial charge on any atom is -0.506 e. The van der Waals surface area contributed by atoms with Gasteiger partial charge < -0.3 is 10.0 Å². The van der Waals surface area contributed by atoms with Crippen molar-refractivity contribution in [2.75, 3.05) is 4.90 Å². The Kier molecular flexibility index (Phi) is 4.31. The Labute approximate surface area is 168 Å². The second-order valence-corrected chi connectivity index (χ2v) is 8.93. The highest BCUT2D eigenvalue weighted by Gasteiger charge is 2.65. The fraction of sp³-hybridized carbons (Fsp3) is 0.278. The van der Waals surface area contributed by atoms with Gasteiger partial charge in [-0.15, -0.1) is 0 Å². The molecule has 1 aromatic carbocycles. The van der Waals surface area contributed by atoms with Crippen LogP contribution < -0.4 is 4.90 Å². The van der Waals surface area contributed by atoms with E-state index in [9.17, 15) is 36.3 Å². The minimum atomic E-state index is -5.54. The number of alkyl halides is 3. The van der Waals surface area contributed by atoms with Gasteiger partial charge in [0.2, 0.25) is 0 Å². The number of sulfone groups is 1. The molecule has 2 heterocycles. The Balaban J connectivity index is 1.65. The normalized spacial score (nSPS) is 18.4. The van der Waals surface area contributed by atoms with E-state index in [4.69, 9.17) is 0 Å². The van der Waals surface area contributed by atoms with E-state index in [1.807, 2.05) is 0 Å². The zero-order valence-corrected chi connectivity index (χ0v) is 15.9. The number of hydrogen-bond donors (Lipinski definition) is 1. The fourth-order valence-corrected chi connectivity index (χ4v) is 4.15. The van der Waals surface area contributed by atoms with Crippen LogP contribution in [0.5, 0.6) is 5.75 Å². The van der Waals surface area contributed by atoms with Gasteiger partial charge in [-0.1, -0.05) is 0 Å². The van der Waals surface area contributed by atoms with Crippen LogP contribution in [-0.4, -0.2) is 46.4 Å². The number of aromatic nitrogens is 1. The molecule has 1 aliphatic heterocycles. The lowest BCUT2D eigenvalue weighted by atomic mass is 10.2. The summed E-state index contributed by atoms with van der Waals surface area (Å²) in [7, 11) is -5.54. The molecular weight excluding hydrogens is 427 g/mol. The molecule has 2 fully saturated rings. The number of aromatic hydroxyl groups is 1. The first-order chi connectivity index (χ1) is 14.0. The van der Waals surface area contributed by atoms with Crippen LogP contribution in [0.4, 0.5) is 23.7 Å². The van der Waals surface area contributed by atoms with E-state index in [1.165, 1.54) is 23.4 Å². The second kappa shape index (κ2) is 6.42. The van der Waals surface area contributed by atoms with E-state index in [0.717, 1.165) is 17.0 Å². The Morgan fingerprint density at radius 1 is 1.10 bits per heavy atom. The number of benzene rings is 1. The summed E-state index contributed by atoms with van der Waals surface area (Å²) in [5.74, 6) is -0.693. The molecular formula is C18H14F3N3O5S. The van der Waals surface area contributed by atoms with E-state index < -0.39 is 37.7 Å². The van der Waals surface area contributed by atoms with Crippen LogP contribution in [0, 0.1) is 0 Å². The zero-order valence-electron chi connectivity index (χ0n) is 15.1. The van der Waals surface area contributed by atoms with Crippen molar-refractivity contribution in [1.29, 1.82) is 0 Å². The van der Waals surface area contributed by atoms with Crippen LogP contribution >= 0.6 is 0 Å². The van der Waals surface area contributed by atoms with Gasteiger partial charge in [-0.3, -0.25) is 9.78 Å². The number of carbonyl (C=O) groups is 2. The van der Waals surface area contributed by atoms with Crippen LogP contribution in [0.15, 0.2) is 47.6 Å². The molecule has 3 amide bonds. The van der Waals surface area contributed by atoms with Gasteiger partial charge in [0.05, 0.1) is 23.3 Å². The van der Waals surface area contributed by atoms with Gasteiger partial charge in [0, 0.05) is 11.8 Å². The number of nitrogens with zero attached hydrogens (tertiary/aromatic N) is 3. The summed E-state index contributed by atoms with van der Waals surface area (Å²) in [5, 5.41) is 9.92. The molecule has 8 nitrogen and oxygen atoms in total. The zero-order chi connectivity index (χ0) is 21.9. The highest BCUT2D eigenvalue weighted by Crippen LogP contribution is 2.50. The highest BCUT2D eigenvalue weighted by atomic mass is 32.2. The number of carbonyl (C=O) groups excluding carboxylic acids is 2. The van der Waals surface area contributed by atoms with E-state index in [2.05, 4.69) is 4.98 Å². The maximum absolute atomic E-state index is 13.0. The van der Waals surface area contributed by atoms with Crippen molar-refractivity contribution in [2.45, 2.75) is 35.3 Å². The van der Waals surface area contributed by atoms with Crippen LogP contribution in [0.2, 0.25) is 0 Å². The number of amides is 3. The lowest BCUT2D eigenvalue weighted by molar-refractivity contribution is -0.120. The number of anilines is 1. The van der Waals surface area contributed by atoms with Crippen LogP contribution in [0.1, 0.15) is 18.4 Å². The van der Waals surface area contributed by atoms with Crippen LogP contribution in [0.3, 0.4) is 0 Å². The molecule has 2 aromatic rings. The maximum atomic E-state index is 13.0. The molecule has 1 N–H and O–H groups in total. The first-order valence-electron chi connectivity index (χ1n) is 8.68. The van der Waals surface area contributed by atoms with E-state index in [0.29, 0.717) is 30.5 Å². The summed E-state index contributed by atoms with van der Waals surface area (Å²) >= 11 is 0. The third-order valence-corrected chi connectivity index (χ3v) is 6.69. The SMILES string of the molecule is O=C1N(c2ccc(S(=O)(=O)C(F)(F)F)cc2)C(=O)C2(CC2)N1Cc1ccncc1O. The Bertz CT molecular complexity index is 1140. The van der Waals surface area contributed by atoms with Gasteiger partial charge in [0.15, 0.2) is 0 Å². The van der Waals surface area contributed by atoms with E-state index >= 15 is 0 Å². The number of imide groups is 1. The highest BCUT2D eigenvalue weighted by molar-refractivity contribution is 7.92. The summed E-state index contributed by atoms with van der Waals surface area (Å²) in [6, 6.07) is 4.17. The van der Waals surface area contributed by atoms with Crippen molar-refractivity contribution in [1.82, 2.24) is 9.88 Å². The Morgan fingerprint density at radius 2 is 1.73 bits per heavy atom. The lowest BCUT2D eigenvalue weighted by Crippen LogP contribution is -2.36. The quantitative estimate of drug-likeness (QED) is 0.731. The molecule has 2 aliphatic rings. The summed E-state index contributed by atoms with van der Waals surface area (Å²) in [6.45, 7) is -0.0596. The van der Waals surface area contributed by atoms with E-state index in [-0.39, 0.29) is 18.0 Å². The van der Waals surface area contributed by atoms with Crippen molar-refractivity contribution in [3.63, 3.8) is 0 Å². The minimum absolute atomic E-state index is 0.0427. The molecule has 30 heavy (non-hydrogen) atoms. The van der Waals surface area contributed by atoms with Gasteiger partial charge in [0.1, 0.15) is 11.3 Å². The third kappa shape index (κ3) is 2.90. The maximum Gasteiger partial charge on any atom is 0.501 e. The van der Waals surface area contributed by atoms with Crippen molar-refractivity contribution < 1.29 is 36.3 Å². The number of halogens is 3. The number of pyridine rings is 1. The topological polar surface area (TPSA) is 108 Å². The van der Waals surface area contributed by atoms with Gasteiger partial charge in [-0.05, 0) is 43.2 Å².